The summed E-state index contributed by atoms with van der Waals surface area (Å²) in [4.78, 5) is 16.0. The van der Waals surface area contributed by atoms with Gasteiger partial charge in [-0.25, -0.2) is 9.78 Å². The van der Waals surface area contributed by atoms with E-state index in [-0.39, 0.29) is 5.97 Å². The predicted molar refractivity (Wildman–Crippen MR) is 81.4 cm³/mol. The second-order valence-corrected chi connectivity index (χ2v) is 4.79. The van der Waals surface area contributed by atoms with Gasteiger partial charge < -0.3 is 4.74 Å². The van der Waals surface area contributed by atoms with E-state index in [2.05, 4.69) is 24.9 Å². The van der Waals surface area contributed by atoms with Gasteiger partial charge in [-0.1, -0.05) is 31.0 Å². The van der Waals surface area contributed by atoms with Crippen LogP contribution in [0.25, 0.3) is 17.0 Å². The molecule has 0 radical (unpaired) electrons. The molecule has 0 spiro atoms. The summed E-state index contributed by atoms with van der Waals surface area (Å²) >= 11 is 0. The highest BCUT2D eigenvalue weighted by atomic mass is 16.5. The zero-order valence-electron chi connectivity index (χ0n) is 11.9. The molecule has 1 aromatic heterocycles. The number of benzene rings is 1. The summed E-state index contributed by atoms with van der Waals surface area (Å²) in [5, 5.41) is 1.10. The van der Waals surface area contributed by atoms with Crippen molar-refractivity contribution in [2.45, 2.75) is 26.7 Å². The molecule has 0 bridgehead atoms. The number of carbonyl (C=O) groups is 1. The number of rotatable bonds is 5. The SMILES string of the molecule is CCCCOC(=O)/C=C/c1ccc2cc(C)ccc2n1. The van der Waals surface area contributed by atoms with Gasteiger partial charge >= 0.3 is 5.97 Å². The predicted octanol–water partition coefficient (Wildman–Crippen LogP) is 3.90. The molecule has 3 heteroatoms. The molecule has 0 aliphatic rings. The monoisotopic (exact) mass is 269 g/mol. The number of carbonyl (C=O) groups excluding carboxylic acids is 1. The van der Waals surface area contributed by atoms with E-state index in [1.807, 2.05) is 24.3 Å². The first-order valence-electron chi connectivity index (χ1n) is 6.91. The average Bonchev–Trinajstić information content (AvgIpc) is 2.45. The molecule has 20 heavy (non-hydrogen) atoms. The number of hydrogen-bond acceptors (Lipinski definition) is 3. The molecule has 0 aliphatic carbocycles. The number of nitrogens with zero attached hydrogens (tertiary/aromatic N) is 1. The van der Waals surface area contributed by atoms with Crippen LogP contribution in [0.1, 0.15) is 31.0 Å². The maximum Gasteiger partial charge on any atom is 0.330 e. The lowest BCUT2D eigenvalue weighted by atomic mass is 10.1. The summed E-state index contributed by atoms with van der Waals surface area (Å²) in [6, 6.07) is 10.0. The van der Waals surface area contributed by atoms with Gasteiger partial charge in [0.1, 0.15) is 0 Å². The summed E-state index contributed by atoms with van der Waals surface area (Å²) in [7, 11) is 0. The summed E-state index contributed by atoms with van der Waals surface area (Å²) < 4.78 is 5.05. The Hall–Kier alpha value is -2.16. The van der Waals surface area contributed by atoms with Gasteiger partial charge in [0.2, 0.25) is 0 Å². The van der Waals surface area contributed by atoms with E-state index in [1.165, 1.54) is 11.6 Å². The first kappa shape index (κ1) is 14.3. The highest BCUT2D eigenvalue weighted by Gasteiger charge is 1.99. The second kappa shape index (κ2) is 6.85. The standard InChI is InChI=1S/C17H19NO2/c1-3-4-11-20-17(19)10-8-15-7-6-14-12-13(2)5-9-16(14)18-15/h5-10,12H,3-4,11H2,1-2H3/b10-8+. The van der Waals surface area contributed by atoms with Crippen LogP contribution in [0.2, 0.25) is 0 Å². The van der Waals surface area contributed by atoms with E-state index >= 15 is 0 Å². The maximum atomic E-state index is 11.5. The topological polar surface area (TPSA) is 39.2 Å². The number of aryl methyl sites for hydroxylation is 1. The number of aromatic nitrogens is 1. The van der Waals surface area contributed by atoms with Crippen molar-refractivity contribution in [2.75, 3.05) is 6.61 Å². The minimum atomic E-state index is -0.316. The number of fused-ring (bicyclic) bond motifs is 1. The van der Waals surface area contributed by atoms with Crippen molar-refractivity contribution in [1.29, 1.82) is 0 Å². The molecule has 0 fully saturated rings. The minimum absolute atomic E-state index is 0.316. The largest absolute Gasteiger partial charge is 0.463 e. The van der Waals surface area contributed by atoms with Gasteiger partial charge in [-0.3, -0.25) is 0 Å². The molecule has 104 valence electrons. The Labute approximate surface area is 119 Å². The number of pyridine rings is 1. The Morgan fingerprint density at radius 2 is 2.15 bits per heavy atom. The zero-order valence-corrected chi connectivity index (χ0v) is 11.9. The van der Waals surface area contributed by atoms with Gasteiger partial charge in [-0.15, -0.1) is 0 Å². The van der Waals surface area contributed by atoms with Crippen molar-refractivity contribution in [2.24, 2.45) is 0 Å². The van der Waals surface area contributed by atoms with Crippen molar-refractivity contribution >= 4 is 22.9 Å². The second-order valence-electron chi connectivity index (χ2n) is 4.79. The fourth-order valence-electron chi connectivity index (χ4n) is 1.87. The lowest BCUT2D eigenvalue weighted by Crippen LogP contribution is -2.01. The summed E-state index contributed by atoms with van der Waals surface area (Å²) in [5.41, 5.74) is 2.90. The third kappa shape index (κ3) is 3.92. The van der Waals surface area contributed by atoms with E-state index < -0.39 is 0 Å². The van der Waals surface area contributed by atoms with Crippen molar-refractivity contribution in [3.8, 4) is 0 Å². The normalized spacial score (nSPS) is 11.1. The number of esters is 1. The van der Waals surface area contributed by atoms with Gasteiger partial charge in [0.05, 0.1) is 17.8 Å². The lowest BCUT2D eigenvalue weighted by Gasteiger charge is -2.01. The van der Waals surface area contributed by atoms with Gasteiger partial charge in [0.15, 0.2) is 0 Å². The van der Waals surface area contributed by atoms with Gasteiger partial charge in [0, 0.05) is 11.5 Å². The molecule has 0 unspecified atom stereocenters. The quantitative estimate of drug-likeness (QED) is 0.469. The van der Waals surface area contributed by atoms with Crippen LogP contribution in [0, 0.1) is 6.92 Å². The molecule has 2 aromatic rings. The Morgan fingerprint density at radius 3 is 2.95 bits per heavy atom. The number of unbranched alkanes of at least 4 members (excludes halogenated alkanes) is 1. The first-order chi connectivity index (χ1) is 9.69. The summed E-state index contributed by atoms with van der Waals surface area (Å²) in [6.07, 6.45) is 5.03. The van der Waals surface area contributed by atoms with E-state index in [4.69, 9.17) is 4.74 Å². The fourth-order valence-corrected chi connectivity index (χ4v) is 1.87. The van der Waals surface area contributed by atoms with E-state index in [0.29, 0.717) is 6.61 Å². The van der Waals surface area contributed by atoms with Crippen molar-refractivity contribution in [3.63, 3.8) is 0 Å². The van der Waals surface area contributed by atoms with Crippen molar-refractivity contribution < 1.29 is 9.53 Å². The Kier molecular flexibility index (Phi) is 4.88. The van der Waals surface area contributed by atoms with E-state index in [0.717, 1.165) is 29.4 Å². The van der Waals surface area contributed by atoms with E-state index in [1.54, 1.807) is 6.08 Å². The molecule has 2 rings (SSSR count). The van der Waals surface area contributed by atoms with Crippen LogP contribution < -0.4 is 0 Å². The van der Waals surface area contributed by atoms with Crippen LogP contribution >= 0.6 is 0 Å². The van der Waals surface area contributed by atoms with Crippen molar-refractivity contribution in [1.82, 2.24) is 4.98 Å². The number of hydrogen-bond donors (Lipinski definition) is 0. The van der Waals surface area contributed by atoms with E-state index in [9.17, 15) is 4.79 Å². The third-order valence-electron chi connectivity index (χ3n) is 3.00. The molecule has 1 aromatic carbocycles. The fraction of sp³-hybridized carbons (Fsp3) is 0.294. The third-order valence-corrected chi connectivity index (χ3v) is 3.00. The Balaban J connectivity index is 2.06. The highest BCUT2D eigenvalue weighted by molar-refractivity contribution is 5.87. The lowest BCUT2D eigenvalue weighted by molar-refractivity contribution is -0.137. The smallest absolute Gasteiger partial charge is 0.330 e. The average molecular weight is 269 g/mol. The zero-order chi connectivity index (χ0) is 14.4. The van der Waals surface area contributed by atoms with Crippen molar-refractivity contribution in [3.05, 3.63) is 47.7 Å². The molecule has 0 aliphatic heterocycles. The Morgan fingerprint density at radius 1 is 1.30 bits per heavy atom. The van der Waals surface area contributed by atoms with Gasteiger partial charge in [-0.2, -0.15) is 0 Å². The molecule has 3 nitrogen and oxygen atoms in total. The van der Waals surface area contributed by atoms with Crippen LogP contribution in [0.5, 0.6) is 0 Å². The molecular weight excluding hydrogens is 250 g/mol. The van der Waals surface area contributed by atoms with Crippen LogP contribution in [0.4, 0.5) is 0 Å². The van der Waals surface area contributed by atoms with Crippen LogP contribution in [0.3, 0.4) is 0 Å². The summed E-state index contributed by atoms with van der Waals surface area (Å²) in [6.45, 7) is 4.59. The van der Waals surface area contributed by atoms with Gasteiger partial charge in [-0.05, 0) is 37.6 Å². The Bertz CT molecular complexity index is 632. The molecule has 0 saturated heterocycles. The summed E-state index contributed by atoms with van der Waals surface area (Å²) in [5.74, 6) is -0.316. The first-order valence-corrected chi connectivity index (χ1v) is 6.91. The molecule has 0 N–H and O–H groups in total. The van der Waals surface area contributed by atoms with Gasteiger partial charge in [0.25, 0.3) is 0 Å². The molecular formula is C17H19NO2. The van der Waals surface area contributed by atoms with Crippen LogP contribution in [-0.4, -0.2) is 17.6 Å². The molecule has 1 heterocycles. The molecule has 0 saturated carbocycles. The minimum Gasteiger partial charge on any atom is -0.463 e. The molecule has 0 atom stereocenters. The molecule has 0 amide bonds. The van der Waals surface area contributed by atoms with Crippen LogP contribution in [0.15, 0.2) is 36.4 Å². The maximum absolute atomic E-state index is 11.5. The highest BCUT2D eigenvalue weighted by Crippen LogP contribution is 2.15. The van der Waals surface area contributed by atoms with Crippen LogP contribution in [-0.2, 0) is 9.53 Å². The number of ether oxygens (including phenoxy) is 1.